The van der Waals surface area contributed by atoms with E-state index in [2.05, 4.69) is 32.3 Å². The minimum atomic E-state index is -0.859. The standard InChI is InChI=1S/C21H19BrN2O5/c1-3-29-19-9-18(28-2)12(8-15(19)22)10-23-11-17(26)13-4-6-16(25)21-14(13)5-7-20(27)24-21/h1,4-9,17,23,25-26H,10-11H2,2H3,(H,24,27). The van der Waals surface area contributed by atoms with Crippen LogP contribution in [0, 0.1) is 12.5 Å². The van der Waals surface area contributed by atoms with Gasteiger partial charge in [-0.2, -0.15) is 0 Å². The van der Waals surface area contributed by atoms with Crippen LogP contribution >= 0.6 is 15.9 Å². The molecule has 0 amide bonds. The van der Waals surface area contributed by atoms with Gasteiger partial charge in [-0.05, 0) is 39.7 Å². The fraction of sp³-hybridized carbons (Fsp3) is 0.190. The summed E-state index contributed by atoms with van der Waals surface area (Å²) in [5.74, 6) is 1.01. The number of halogens is 1. The second kappa shape index (κ2) is 9.01. The number of phenols is 1. The van der Waals surface area contributed by atoms with Crippen LogP contribution in [0.1, 0.15) is 17.2 Å². The minimum absolute atomic E-state index is 0.0505. The molecule has 0 spiro atoms. The Balaban J connectivity index is 1.76. The van der Waals surface area contributed by atoms with Crippen molar-refractivity contribution in [3.05, 3.63) is 62.4 Å². The summed E-state index contributed by atoms with van der Waals surface area (Å²) in [7, 11) is 1.55. The Morgan fingerprint density at radius 3 is 2.79 bits per heavy atom. The lowest BCUT2D eigenvalue weighted by Crippen LogP contribution is -2.21. The van der Waals surface area contributed by atoms with Crippen molar-refractivity contribution in [3.63, 3.8) is 0 Å². The van der Waals surface area contributed by atoms with E-state index in [0.717, 1.165) is 5.56 Å². The van der Waals surface area contributed by atoms with Crippen molar-refractivity contribution >= 4 is 26.8 Å². The van der Waals surface area contributed by atoms with E-state index in [1.165, 1.54) is 12.1 Å². The van der Waals surface area contributed by atoms with Crippen LogP contribution in [0.4, 0.5) is 0 Å². The van der Waals surface area contributed by atoms with Crippen molar-refractivity contribution in [2.75, 3.05) is 13.7 Å². The molecule has 0 saturated carbocycles. The Labute approximate surface area is 175 Å². The molecule has 0 aliphatic heterocycles. The lowest BCUT2D eigenvalue weighted by Gasteiger charge is -2.16. The van der Waals surface area contributed by atoms with Crippen molar-refractivity contribution in [1.82, 2.24) is 10.3 Å². The monoisotopic (exact) mass is 458 g/mol. The van der Waals surface area contributed by atoms with Crippen LogP contribution in [-0.4, -0.2) is 28.9 Å². The number of hydrogen-bond acceptors (Lipinski definition) is 6. The van der Waals surface area contributed by atoms with E-state index in [9.17, 15) is 15.0 Å². The molecule has 3 aromatic rings. The third-order valence-corrected chi connectivity index (χ3v) is 5.04. The van der Waals surface area contributed by atoms with Crippen LogP contribution in [0.25, 0.3) is 10.9 Å². The Hall–Kier alpha value is -2.99. The molecule has 7 nitrogen and oxygen atoms in total. The molecule has 0 saturated heterocycles. The highest BCUT2D eigenvalue weighted by molar-refractivity contribution is 9.10. The average Bonchev–Trinajstić information content (AvgIpc) is 2.70. The molecule has 0 aliphatic rings. The fourth-order valence-electron chi connectivity index (χ4n) is 3.05. The van der Waals surface area contributed by atoms with Crippen LogP contribution in [-0.2, 0) is 6.54 Å². The Morgan fingerprint density at radius 1 is 1.28 bits per heavy atom. The van der Waals surface area contributed by atoms with Crippen molar-refractivity contribution in [2.24, 2.45) is 0 Å². The molecule has 0 fully saturated rings. The molecule has 8 heteroatoms. The number of aromatic nitrogens is 1. The summed E-state index contributed by atoms with van der Waals surface area (Å²) in [6.45, 7) is 0.657. The van der Waals surface area contributed by atoms with Crippen LogP contribution in [0.5, 0.6) is 17.2 Å². The first-order valence-corrected chi connectivity index (χ1v) is 9.46. The number of nitrogens with one attached hydrogen (secondary N) is 2. The number of rotatable bonds is 7. The van der Waals surface area contributed by atoms with Crippen molar-refractivity contribution < 1.29 is 19.7 Å². The lowest BCUT2D eigenvalue weighted by molar-refractivity contribution is 0.175. The van der Waals surface area contributed by atoms with E-state index in [0.29, 0.717) is 39.0 Å². The molecule has 150 valence electrons. The van der Waals surface area contributed by atoms with Crippen LogP contribution in [0.2, 0.25) is 0 Å². The summed E-state index contributed by atoms with van der Waals surface area (Å²) in [4.78, 5) is 14.1. The maximum absolute atomic E-state index is 11.5. The second-order valence-corrected chi connectivity index (χ2v) is 7.10. The van der Waals surface area contributed by atoms with Crippen LogP contribution in [0.15, 0.2) is 45.7 Å². The number of ether oxygens (including phenoxy) is 2. The van der Waals surface area contributed by atoms with Crippen molar-refractivity contribution in [3.8, 4) is 29.8 Å². The van der Waals surface area contributed by atoms with Gasteiger partial charge in [0.1, 0.15) is 17.6 Å². The van der Waals surface area contributed by atoms with Gasteiger partial charge in [0.05, 0.1) is 23.2 Å². The first-order valence-electron chi connectivity index (χ1n) is 8.67. The molecule has 1 heterocycles. The zero-order chi connectivity index (χ0) is 21.0. The number of benzene rings is 2. The van der Waals surface area contributed by atoms with Gasteiger partial charge >= 0.3 is 0 Å². The molecule has 1 atom stereocenters. The minimum Gasteiger partial charge on any atom is -0.506 e. The molecule has 29 heavy (non-hydrogen) atoms. The number of aliphatic hydroxyl groups excluding tert-OH is 1. The molecule has 0 aliphatic carbocycles. The zero-order valence-electron chi connectivity index (χ0n) is 15.5. The van der Waals surface area contributed by atoms with Gasteiger partial charge in [0.15, 0.2) is 5.75 Å². The van der Waals surface area contributed by atoms with Crippen molar-refractivity contribution in [2.45, 2.75) is 12.6 Å². The second-order valence-electron chi connectivity index (χ2n) is 6.25. The van der Waals surface area contributed by atoms with Crippen LogP contribution < -0.4 is 20.3 Å². The number of hydrogen-bond donors (Lipinski definition) is 4. The fourth-order valence-corrected chi connectivity index (χ4v) is 3.52. The number of pyridine rings is 1. The van der Waals surface area contributed by atoms with Crippen LogP contribution in [0.3, 0.4) is 0 Å². The van der Waals surface area contributed by atoms with E-state index in [1.807, 2.05) is 6.07 Å². The first-order chi connectivity index (χ1) is 13.9. The molecule has 1 aromatic heterocycles. The quantitative estimate of drug-likeness (QED) is 0.406. The Kier molecular flexibility index (Phi) is 6.44. The number of H-pyrrole nitrogens is 1. The molecular weight excluding hydrogens is 440 g/mol. The number of aliphatic hydroxyl groups is 1. The highest BCUT2D eigenvalue weighted by Gasteiger charge is 2.15. The maximum Gasteiger partial charge on any atom is 0.248 e. The highest BCUT2D eigenvalue weighted by atomic mass is 79.9. The normalized spacial score (nSPS) is 11.8. The van der Waals surface area contributed by atoms with Gasteiger partial charge < -0.3 is 30.0 Å². The van der Waals surface area contributed by atoms with Gasteiger partial charge in [0.25, 0.3) is 0 Å². The van der Waals surface area contributed by atoms with Crippen molar-refractivity contribution in [1.29, 1.82) is 0 Å². The van der Waals surface area contributed by atoms with Gasteiger partial charge in [-0.3, -0.25) is 4.79 Å². The van der Waals surface area contributed by atoms with E-state index in [1.54, 1.807) is 25.3 Å². The smallest absolute Gasteiger partial charge is 0.248 e. The number of terminal acetylenes is 1. The number of aromatic amines is 1. The summed E-state index contributed by atoms with van der Waals surface area (Å²) in [5, 5.41) is 24.4. The predicted molar refractivity (Wildman–Crippen MR) is 113 cm³/mol. The van der Waals surface area contributed by atoms with E-state index in [-0.39, 0.29) is 17.9 Å². The number of methoxy groups -OCH3 is 1. The third kappa shape index (κ3) is 4.54. The van der Waals surface area contributed by atoms with E-state index in [4.69, 9.17) is 15.9 Å². The molecule has 1 unspecified atom stereocenters. The largest absolute Gasteiger partial charge is 0.506 e. The highest BCUT2D eigenvalue weighted by Crippen LogP contribution is 2.33. The number of phenolic OH excluding ortho intramolecular Hbond substituents is 1. The molecule has 2 aromatic carbocycles. The Bertz CT molecular complexity index is 1140. The molecular formula is C21H19BrN2O5. The summed E-state index contributed by atoms with van der Waals surface area (Å²) >= 11 is 3.40. The average molecular weight is 459 g/mol. The molecule has 4 N–H and O–H groups in total. The Morgan fingerprint density at radius 2 is 2.07 bits per heavy atom. The lowest BCUT2D eigenvalue weighted by atomic mass is 10.0. The van der Waals surface area contributed by atoms with Gasteiger partial charge in [0, 0.05) is 36.2 Å². The van der Waals surface area contributed by atoms with E-state index < -0.39 is 6.10 Å². The summed E-state index contributed by atoms with van der Waals surface area (Å²) in [6.07, 6.45) is 6.44. The summed E-state index contributed by atoms with van der Waals surface area (Å²) < 4.78 is 11.1. The molecule has 0 radical (unpaired) electrons. The van der Waals surface area contributed by atoms with Gasteiger partial charge in [-0.25, -0.2) is 0 Å². The zero-order valence-corrected chi connectivity index (χ0v) is 17.1. The van der Waals surface area contributed by atoms with E-state index >= 15 is 0 Å². The SMILES string of the molecule is C#COc1cc(OC)c(CNCC(O)c2ccc(O)c3[nH]c(=O)ccc23)cc1Br. The third-order valence-electron chi connectivity index (χ3n) is 4.42. The molecule has 0 bridgehead atoms. The summed E-state index contributed by atoms with van der Waals surface area (Å²) in [6, 6.07) is 9.52. The number of fused-ring (bicyclic) bond motifs is 1. The maximum atomic E-state index is 11.5. The summed E-state index contributed by atoms with van der Waals surface area (Å²) in [5.41, 5.74) is 1.40. The molecule has 3 rings (SSSR count). The topological polar surface area (TPSA) is 104 Å². The predicted octanol–water partition coefficient (Wildman–Crippen LogP) is 2.80. The van der Waals surface area contributed by atoms with Gasteiger partial charge in [-0.15, -0.1) is 0 Å². The number of aromatic hydroxyl groups is 1. The van der Waals surface area contributed by atoms with Gasteiger partial charge in [-0.1, -0.05) is 12.5 Å². The van der Waals surface area contributed by atoms with Gasteiger partial charge in [0.2, 0.25) is 5.56 Å². The first kappa shape index (κ1) is 20.7.